The van der Waals surface area contributed by atoms with Gasteiger partial charge in [-0.15, -0.1) is 11.3 Å². The lowest BCUT2D eigenvalue weighted by molar-refractivity contribution is -0.0494. The van der Waals surface area contributed by atoms with Crippen LogP contribution in [0.2, 0.25) is 5.02 Å². The normalized spacial score (nSPS) is 10.7. The predicted octanol–water partition coefficient (Wildman–Crippen LogP) is 3.88. The molecule has 0 spiro atoms. The summed E-state index contributed by atoms with van der Waals surface area (Å²) in [6.07, 6.45) is 2.00. The molecule has 7 heteroatoms. The molecule has 0 N–H and O–H groups in total. The maximum absolute atomic E-state index is 12.3. The molecule has 0 fully saturated rings. The molecule has 0 unspecified atom stereocenters. The molecule has 0 aliphatic rings. The first kappa shape index (κ1) is 12.9. The summed E-state index contributed by atoms with van der Waals surface area (Å²) >= 11 is 6.88. The largest absolute Gasteiger partial charge is 0.434 e. The Morgan fingerprint density at radius 1 is 1.44 bits per heavy atom. The number of aldehydes is 1. The van der Waals surface area contributed by atoms with E-state index in [1.165, 1.54) is 24.4 Å². The van der Waals surface area contributed by atoms with Gasteiger partial charge < -0.3 is 4.74 Å². The minimum Gasteiger partial charge on any atom is -0.434 e. The first-order chi connectivity index (χ1) is 8.60. The average Bonchev–Trinajstić information content (AvgIpc) is 2.79. The Morgan fingerprint density at radius 2 is 2.22 bits per heavy atom. The van der Waals surface area contributed by atoms with Crippen molar-refractivity contribution in [3.05, 3.63) is 34.3 Å². The van der Waals surface area contributed by atoms with Gasteiger partial charge in [0.1, 0.15) is 10.8 Å². The second-order valence-corrected chi connectivity index (χ2v) is 4.70. The van der Waals surface area contributed by atoms with Crippen molar-refractivity contribution >= 4 is 29.2 Å². The topological polar surface area (TPSA) is 39.2 Å². The summed E-state index contributed by atoms with van der Waals surface area (Å²) in [4.78, 5) is 14.9. The number of nitrogens with zero attached hydrogens (tertiary/aromatic N) is 1. The molecule has 0 amide bonds. The van der Waals surface area contributed by atoms with E-state index in [-0.39, 0.29) is 5.75 Å². The molecule has 0 saturated heterocycles. The summed E-state index contributed by atoms with van der Waals surface area (Å²) in [6, 6.07) is 4.25. The van der Waals surface area contributed by atoms with Crippen molar-refractivity contribution in [2.24, 2.45) is 0 Å². The smallest absolute Gasteiger partial charge is 0.387 e. The SMILES string of the molecule is O=Cc1cnc(-c2cc(Cl)ccc2OC(F)F)s1. The summed E-state index contributed by atoms with van der Waals surface area (Å²) in [5.41, 5.74) is 0.334. The van der Waals surface area contributed by atoms with Gasteiger partial charge in [0.15, 0.2) is 6.29 Å². The van der Waals surface area contributed by atoms with Gasteiger partial charge in [0.05, 0.1) is 10.4 Å². The first-order valence-electron chi connectivity index (χ1n) is 4.76. The number of hydrogen-bond acceptors (Lipinski definition) is 4. The van der Waals surface area contributed by atoms with Crippen molar-refractivity contribution in [1.82, 2.24) is 4.98 Å². The van der Waals surface area contributed by atoms with Crippen molar-refractivity contribution in [2.45, 2.75) is 6.61 Å². The van der Waals surface area contributed by atoms with Crippen molar-refractivity contribution in [1.29, 1.82) is 0 Å². The van der Waals surface area contributed by atoms with E-state index >= 15 is 0 Å². The molecule has 2 rings (SSSR count). The van der Waals surface area contributed by atoms with E-state index in [1.54, 1.807) is 0 Å². The Balaban J connectivity index is 2.46. The molecule has 0 saturated carbocycles. The Kier molecular flexibility index (Phi) is 3.88. The van der Waals surface area contributed by atoms with Crippen molar-refractivity contribution in [3.8, 4) is 16.3 Å². The number of hydrogen-bond donors (Lipinski definition) is 0. The summed E-state index contributed by atoms with van der Waals surface area (Å²) in [6.45, 7) is -2.93. The zero-order chi connectivity index (χ0) is 13.1. The monoisotopic (exact) mass is 289 g/mol. The molecule has 0 bridgehead atoms. The molecule has 2 aromatic rings. The summed E-state index contributed by atoms with van der Waals surface area (Å²) in [5, 5.41) is 0.768. The molecule has 0 radical (unpaired) electrons. The quantitative estimate of drug-likeness (QED) is 0.802. The molecule has 1 aromatic heterocycles. The molecule has 18 heavy (non-hydrogen) atoms. The lowest BCUT2D eigenvalue weighted by Crippen LogP contribution is -2.03. The van der Waals surface area contributed by atoms with Crippen LogP contribution in [0.1, 0.15) is 9.67 Å². The zero-order valence-electron chi connectivity index (χ0n) is 8.77. The van der Waals surface area contributed by atoms with Gasteiger partial charge in [-0.05, 0) is 18.2 Å². The van der Waals surface area contributed by atoms with Gasteiger partial charge >= 0.3 is 6.61 Å². The lowest BCUT2D eigenvalue weighted by atomic mass is 10.2. The highest BCUT2D eigenvalue weighted by molar-refractivity contribution is 7.16. The van der Waals surface area contributed by atoms with Gasteiger partial charge in [0.25, 0.3) is 0 Å². The van der Waals surface area contributed by atoms with Gasteiger partial charge in [0, 0.05) is 11.2 Å². The van der Waals surface area contributed by atoms with Crippen LogP contribution in [0.15, 0.2) is 24.4 Å². The van der Waals surface area contributed by atoms with Gasteiger partial charge in [-0.3, -0.25) is 4.79 Å². The van der Waals surface area contributed by atoms with Crippen molar-refractivity contribution in [2.75, 3.05) is 0 Å². The maximum Gasteiger partial charge on any atom is 0.387 e. The Morgan fingerprint density at radius 3 is 2.83 bits per heavy atom. The number of carbonyl (C=O) groups excluding carboxylic acids is 1. The summed E-state index contributed by atoms with van der Waals surface area (Å²) < 4.78 is 28.9. The highest BCUT2D eigenvalue weighted by Crippen LogP contribution is 2.35. The Bertz CT molecular complexity index is 574. The highest BCUT2D eigenvalue weighted by atomic mass is 35.5. The van der Waals surface area contributed by atoms with E-state index in [4.69, 9.17) is 11.6 Å². The van der Waals surface area contributed by atoms with Crippen molar-refractivity contribution in [3.63, 3.8) is 0 Å². The second-order valence-electron chi connectivity index (χ2n) is 3.20. The third-order valence-electron chi connectivity index (χ3n) is 2.03. The molecule has 94 valence electrons. The van der Waals surface area contributed by atoms with Crippen LogP contribution in [0.4, 0.5) is 8.78 Å². The van der Waals surface area contributed by atoms with Crippen molar-refractivity contribution < 1.29 is 18.3 Å². The minimum absolute atomic E-state index is 0.0267. The second kappa shape index (κ2) is 5.41. The van der Waals surface area contributed by atoms with E-state index in [1.807, 2.05) is 0 Å². The number of ether oxygens (including phenoxy) is 1. The molecule has 1 aromatic carbocycles. The van der Waals surface area contributed by atoms with E-state index < -0.39 is 6.61 Å². The number of halogens is 3. The van der Waals surface area contributed by atoms with E-state index in [2.05, 4.69) is 9.72 Å². The van der Waals surface area contributed by atoms with Crippen LogP contribution < -0.4 is 4.74 Å². The summed E-state index contributed by atoms with van der Waals surface area (Å²) in [7, 11) is 0. The van der Waals surface area contributed by atoms with Gasteiger partial charge in [-0.2, -0.15) is 8.78 Å². The Labute approximate surface area is 110 Å². The zero-order valence-corrected chi connectivity index (χ0v) is 10.3. The summed E-state index contributed by atoms with van der Waals surface area (Å²) in [5.74, 6) is -0.0267. The van der Waals surface area contributed by atoms with Crippen LogP contribution in [-0.4, -0.2) is 17.9 Å². The fourth-order valence-corrected chi connectivity index (χ4v) is 2.26. The molecule has 0 aliphatic carbocycles. The highest BCUT2D eigenvalue weighted by Gasteiger charge is 2.14. The van der Waals surface area contributed by atoms with Crippen LogP contribution in [0.25, 0.3) is 10.6 Å². The standard InChI is InChI=1S/C11H6ClF2NO2S/c12-6-1-2-9(17-11(13)14)8(3-6)10-15-4-7(5-16)18-10/h1-5,11H. The predicted molar refractivity (Wildman–Crippen MR) is 64.6 cm³/mol. The van der Waals surface area contributed by atoms with Crippen LogP contribution in [0.5, 0.6) is 5.75 Å². The molecule has 3 nitrogen and oxygen atoms in total. The molecule has 0 atom stereocenters. The average molecular weight is 290 g/mol. The molecular formula is C11H6ClF2NO2S. The minimum atomic E-state index is -2.93. The lowest BCUT2D eigenvalue weighted by Gasteiger charge is -2.08. The Hall–Kier alpha value is -1.53. The van der Waals surface area contributed by atoms with Gasteiger partial charge in [0.2, 0.25) is 0 Å². The van der Waals surface area contributed by atoms with Gasteiger partial charge in [-0.25, -0.2) is 4.98 Å². The first-order valence-corrected chi connectivity index (χ1v) is 5.95. The van der Waals surface area contributed by atoms with E-state index in [0.29, 0.717) is 26.8 Å². The van der Waals surface area contributed by atoms with Crippen LogP contribution in [-0.2, 0) is 0 Å². The number of carbonyl (C=O) groups is 1. The van der Waals surface area contributed by atoms with Crippen LogP contribution in [0.3, 0.4) is 0 Å². The van der Waals surface area contributed by atoms with E-state index in [9.17, 15) is 13.6 Å². The number of rotatable bonds is 4. The van der Waals surface area contributed by atoms with Crippen LogP contribution in [0, 0.1) is 0 Å². The molecule has 0 aliphatic heterocycles. The number of benzene rings is 1. The molecular weight excluding hydrogens is 284 g/mol. The number of aromatic nitrogens is 1. The fourth-order valence-electron chi connectivity index (χ4n) is 1.33. The molecule has 1 heterocycles. The third-order valence-corrected chi connectivity index (χ3v) is 3.22. The number of thiazole rings is 1. The number of alkyl halides is 2. The fraction of sp³-hybridized carbons (Fsp3) is 0.0909. The van der Waals surface area contributed by atoms with Crippen LogP contribution >= 0.6 is 22.9 Å². The van der Waals surface area contributed by atoms with Gasteiger partial charge in [-0.1, -0.05) is 11.6 Å². The third kappa shape index (κ3) is 2.83. The van der Waals surface area contributed by atoms with E-state index in [0.717, 1.165) is 11.3 Å². The maximum atomic E-state index is 12.3.